The number of fused-ring (bicyclic) bond motifs is 2. The van der Waals surface area contributed by atoms with Crippen LogP contribution in [0.3, 0.4) is 0 Å². The van der Waals surface area contributed by atoms with Gasteiger partial charge in [0.25, 0.3) is 11.7 Å². The monoisotopic (exact) mass is 989 g/mol. The van der Waals surface area contributed by atoms with E-state index >= 15 is 0 Å². The van der Waals surface area contributed by atoms with Crippen LogP contribution in [0, 0.1) is 36.5 Å². The molecule has 4 heterocycles. The lowest BCUT2D eigenvalue weighted by Gasteiger charge is -2.44. The van der Waals surface area contributed by atoms with Crippen LogP contribution in [0.25, 0.3) is 33.0 Å². The molecule has 7 rings (SSSR count). The molecule has 4 bridgehead atoms. The number of rotatable bonds is 7. The molecular weight excluding hydrogens is 921 g/mol. The van der Waals surface area contributed by atoms with Gasteiger partial charge < -0.3 is 43.6 Å². The number of ketones is 1. The number of allylic oxidation sites excluding steroid dienone is 2. The van der Waals surface area contributed by atoms with Gasteiger partial charge in [-0.05, 0) is 76.6 Å². The average molecular weight is 990 g/mol. The molecule has 0 radical (unpaired) electrons. The minimum atomic E-state index is -2.03. The van der Waals surface area contributed by atoms with E-state index in [1.807, 2.05) is 52.8 Å². The lowest BCUT2D eigenvalue weighted by molar-refractivity contribution is -0.157. The number of carbonyl (C=O) groups is 3. The van der Waals surface area contributed by atoms with Crippen molar-refractivity contribution in [3.8, 4) is 17.2 Å². The molecule has 0 aliphatic carbocycles. The summed E-state index contributed by atoms with van der Waals surface area (Å²) in [5.74, 6) is -4.71. The first-order valence-corrected chi connectivity index (χ1v) is 24.5. The molecule has 2 aliphatic heterocycles. The molecule has 16 nitrogen and oxygen atoms in total. The van der Waals surface area contributed by atoms with E-state index in [4.69, 9.17) is 33.1 Å². The zero-order valence-corrected chi connectivity index (χ0v) is 43.8. The molecule has 2 aromatic heterocycles. The van der Waals surface area contributed by atoms with E-state index in [1.165, 1.54) is 34.1 Å². The van der Waals surface area contributed by atoms with Gasteiger partial charge in [-0.1, -0.05) is 58.9 Å². The normalized spacial score (nSPS) is 27.9. The second kappa shape index (κ2) is 20.5. The zero-order chi connectivity index (χ0) is 52.8. The summed E-state index contributed by atoms with van der Waals surface area (Å²) in [5.41, 5.74) is -0.644. The molecule has 5 aromatic rings. The number of ether oxygens (including phenoxy) is 5. The number of nitrogens with zero attached hydrogens (tertiary/aromatic N) is 3. The summed E-state index contributed by atoms with van der Waals surface area (Å²) in [6, 6.07) is 10.9. The maximum Gasteiger partial charge on any atom is 0.312 e. The van der Waals surface area contributed by atoms with Gasteiger partial charge in [-0.3, -0.25) is 23.7 Å². The number of esters is 1. The lowest BCUT2D eigenvalue weighted by atomic mass is 9.73. The number of anilines is 1. The molecular formula is C56H69N4O12+. The number of aliphatic hydroxyl groups is 1. The van der Waals surface area contributed by atoms with Crippen molar-refractivity contribution < 1.29 is 52.7 Å². The fourth-order valence-corrected chi connectivity index (χ4v) is 9.88. The molecule has 0 saturated carbocycles. The number of carbonyl (C=O) groups excluding carboxylic acids is 3. The SMILES string of the molecule is CO[C@H]1/C=C/O[C@@]2(C)Oc3c(C)c(=O)c4c(O)c(c5oc6cc(OCC[N+](C)(c7ccccn7)C(C)(C)C)ccc6nc5c4c3C2=O)NC(=O)/C(C)=C\C=C\[C@H](C)[C@H](O)[C@@H](C)[C@@H](C)[C@@H](C)[C@H](OC(C)=O)[C@@H]1C. The highest BCUT2D eigenvalue weighted by molar-refractivity contribution is 6.26. The van der Waals surface area contributed by atoms with Gasteiger partial charge in [0.1, 0.15) is 47.5 Å². The van der Waals surface area contributed by atoms with Crippen LogP contribution >= 0.6 is 0 Å². The first-order chi connectivity index (χ1) is 33.8. The number of aromatic nitrogens is 2. The van der Waals surface area contributed by atoms with Crippen LogP contribution in [0.5, 0.6) is 17.2 Å². The maximum atomic E-state index is 14.9. The molecule has 2 aliphatic rings. The number of aliphatic hydroxyl groups excluding tert-OH is 1. The number of quaternary nitrogens is 1. The molecule has 0 saturated heterocycles. The van der Waals surface area contributed by atoms with E-state index in [-0.39, 0.29) is 84.8 Å². The molecule has 72 heavy (non-hydrogen) atoms. The van der Waals surface area contributed by atoms with Crippen molar-refractivity contribution in [2.45, 2.75) is 113 Å². The third kappa shape index (κ3) is 9.83. The van der Waals surface area contributed by atoms with E-state index in [2.05, 4.69) is 38.1 Å². The topological polar surface area (TPSA) is 206 Å². The van der Waals surface area contributed by atoms with E-state index in [0.29, 0.717) is 28.9 Å². The summed E-state index contributed by atoms with van der Waals surface area (Å²) < 4.78 is 37.7. The van der Waals surface area contributed by atoms with Gasteiger partial charge in [0, 0.05) is 67.6 Å². The predicted molar refractivity (Wildman–Crippen MR) is 277 cm³/mol. The Hall–Kier alpha value is -6.62. The number of pyridine rings is 1. The summed E-state index contributed by atoms with van der Waals surface area (Å²) in [4.78, 5) is 65.7. The number of hydrogen-bond donors (Lipinski definition) is 3. The fourth-order valence-electron chi connectivity index (χ4n) is 9.88. The molecule has 10 atom stereocenters. The number of methoxy groups -OCH3 is 1. The molecule has 0 fully saturated rings. The number of Topliss-reactive ketones (excluding diaryl/α,β-unsaturated/α-hetero) is 1. The van der Waals surface area contributed by atoms with Gasteiger partial charge in [-0.2, -0.15) is 0 Å². The number of hydrogen-bond acceptors (Lipinski definition) is 14. The van der Waals surface area contributed by atoms with Crippen LogP contribution < -0.4 is 24.7 Å². The Labute approximate surface area is 420 Å². The first-order valence-electron chi connectivity index (χ1n) is 24.5. The summed E-state index contributed by atoms with van der Waals surface area (Å²) in [6.45, 7) is 22.8. The molecule has 0 spiro atoms. The van der Waals surface area contributed by atoms with Crippen LogP contribution in [0.4, 0.5) is 11.5 Å². The van der Waals surface area contributed by atoms with Crippen LogP contribution in [-0.2, 0) is 23.8 Å². The Kier molecular flexibility index (Phi) is 15.1. The van der Waals surface area contributed by atoms with Gasteiger partial charge in [0.15, 0.2) is 22.3 Å². The Bertz CT molecular complexity index is 3070. The predicted octanol–water partition coefficient (Wildman–Crippen LogP) is 9.48. The molecule has 3 N–H and O–H groups in total. The third-order valence-electron chi connectivity index (χ3n) is 15.3. The van der Waals surface area contributed by atoms with E-state index in [1.54, 1.807) is 55.6 Å². The Morgan fingerprint density at radius 2 is 1.69 bits per heavy atom. The van der Waals surface area contributed by atoms with E-state index in [0.717, 1.165) is 5.82 Å². The lowest BCUT2D eigenvalue weighted by Crippen LogP contribution is -2.60. The quantitative estimate of drug-likeness (QED) is 0.0457. The van der Waals surface area contributed by atoms with Crippen molar-refractivity contribution in [3.05, 3.63) is 100 Å². The number of phenols is 1. The average Bonchev–Trinajstić information content (AvgIpc) is 3.61. The highest BCUT2D eigenvalue weighted by Crippen LogP contribution is 2.49. The molecule has 16 heteroatoms. The van der Waals surface area contributed by atoms with Gasteiger partial charge in [0.2, 0.25) is 5.82 Å². The zero-order valence-electron chi connectivity index (χ0n) is 43.8. The van der Waals surface area contributed by atoms with Crippen molar-refractivity contribution in [1.29, 1.82) is 0 Å². The Balaban J connectivity index is 1.38. The Morgan fingerprint density at radius 1 is 0.972 bits per heavy atom. The number of amides is 1. The number of aromatic hydroxyl groups is 1. The second-order valence-corrected chi connectivity index (χ2v) is 20.8. The smallest absolute Gasteiger partial charge is 0.312 e. The maximum absolute atomic E-state index is 14.9. The fraction of sp³-hybridized carbons (Fsp3) is 0.464. The van der Waals surface area contributed by atoms with Crippen molar-refractivity contribution in [3.63, 3.8) is 0 Å². The molecule has 1 amide bonds. The van der Waals surface area contributed by atoms with Gasteiger partial charge >= 0.3 is 11.8 Å². The standard InChI is InChI=1S/C56H68N4O12/c1-29-18-17-19-30(2)54(66)59-46-49(64)43-42(45-52(46)71-40-28-37(21-22-38(40)58-45)68-27-25-60(13,55(9,10)11)41-20-15-16-24-57-41)44-51(35(7)48(43)63)72-56(12,53(44)65)69-26-23-39(67-14)34(6)50(70-36(8)61)33(5)31(3)32(4)47(29)62/h15-24,26,28-29,31-34,39,47,50,62H,25,27H2,1-14H3,(H-,58,59,63,64,65,66)/p+1/b18-17+,26-23+,30-19-/t29-,31+,32-,33+,34+,39-,47-,50-,56-,60?/m0/s1. The highest BCUT2D eigenvalue weighted by Gasteiger charge is 2.50. The minimum Gasteiger partial charge on any atom is -0.505 e. The summed E-state index contributed by atoms with van der Waals surface area (Å²) in [7, 11) is 3.62. The van der Waals surface area contributed by atoms with Crippen LogP contribution in [0.2, 0.25) is 0 Å². The highest BCUT2D eigenvalue weighted by atomic mass is 16.7. The number of benzene rings is 3. The molecule has 384 valence electrons. The van der Waals surface area contributed by atoms with Gasteiger partial charge in [-0.25, -0.2) is 9.97 Å². The first kappa shape index (κ1) is 53.2. The van der Waals surface area contributed by atoms with Crippen molar-refractivity contribution in [2.24, 2.45) is 29.6 Å². The van der Waals surface area contributed by atoms with Crippen molar-refractivity contribution in [2.75, 3.05) is 32.6 Å². The summed E-state index contributed by atoms with van der Waals surface area (Å²) in [5, 5.41) is 26.3. The van der Waals surface area contributed by atoms with E-state index in [9.17, 15) is 29.4 Å². The van der Waals surface area contributed by atoms with Gasteiger partial charge in [0.05, 0.1) is 42.0 Å². The largest absolute Gasteiger partial charge is 0.505 e. The molecule has 3 aromatic carbocycles. The van der Waals surface area contributed by atoms with E-state index < -0.39 is 58.9 Å². The third-order valence-corrected chi connectivity index (χ3v) is 15.3. The number of nitrogens with one attached hydrogen (secondary N) is 1. The minimum absolute atomic E-state index is 0.00539. The number of phenolic OH excluding ortho intramolecular Hbond substituents is 1. The van der Waals surface area contributed by atoms with Gasteiger partial charge in [-0.15, -0.1) is 0 Å². The Morgan fingerprint density at radius 3 is 2.35 bits per heavy atom. The van der Waals surface area contributed by atoms with Crippen LogP contribution in [0.1, 0.15) is 92.1 Å². The second-order valence-electron chi connectivity index (χ2n) is 20.8. The summed E-state index contributed by atoms with van der Waals surface area (Å²) >= 11 is 0. The van der Waals surface area contributed by atoms with Crippen LogP contribution in [0.15, 0.2) is 87.9 Å². The van der Waals surface area contributed by atoms with Crippen LogP contribution in [-0.4, -0.2) is 94.8 Å². The summed E-state index contributed by atoms with van der Waals surface area (Å²) in [6.07, 6.45) is 7.50. The van der Waals surface area contributed by atoms with Crippen molar-refractivity contribution >= 4 is 62.1 Å². The van der Waals surface area contributed by atoms with Crippen molar-refractivity contribution in [1.82, 2.24) is 14.5 Å². The number of likely N-dealkylation sites (N-methyl/N-ethyl adjacent to an activating group) is 1. The molecule has 1 unspecified atom stereocenters.